The van der Waals surface area contributed by atoms with E-state index in [1.54, 1.807) is 30.3 Å². The number of hydrogen-bond donors (Lipinski definition) is 1. The van der Waals surface area contributed by atoms with Crippen LogP contribution in [0.4, 0.5) is 5.69 Å². The van der Waals surface area contributed by atoms with Gasteiger partial charge < -0.3 is 10.3 Å². The number of aromatic nitrogens is 2. The number of nitrogen functional groups attached to an aromatic ring is 1. The van der Waals surface area contributed by atoms with Gasteiger partial charge in [-0.3, -0.25) is 0 Å². The van der Waals surface area contributed by atoms with Gasteiger partial charge in [0.05, 0.1) is 0 Å². The lowest BCUT2D eigenvalue weighted by molar-refractivity contribution is 0.424. The average Bonchev–Trinajstić information content (AvgIpc) is 2.92. The molecule has 1 aromatic heterocycles. The first-order valence-corrected chi connectivity index (χ1v) is 7.00. The number of rotatable bonds is 3. The highest BCUT2D eigenvalue weighted by atomic mass is 35.5. The topological polar surface area (TPSA) is 64.9 Å². The molecule has 0 unspecified atom stereocenters. The lowest BCUT2D eigenvalue weighted by Gasteiger charge is -2.03. The van der Waals surface area contributed by atoms with Gasteiger partial charge in [0.2, 0.25) is 0 Å². The molecule has 1 heterocycles. The quantitative estimate of drug-likeness (QED) is 0.734. The second kappa shape index (κ2) is 5.76. The molecule has 21 heavy (non-hydrogen) atoms. The smallest absolute Gasteiger partial charge is 0.258 e. The minimum Gasteiger partial charge on any atom is -0.399 e. The maximum absolute atomic E-state index is 6.14. The molecule has 2 aromatic carbocycles. The van der Waals surface area contributed by atoms with Gasteiger partial charge in [0.25, 0.3) is 5.89 Å². The predicted molar refractivity (Wildman–Crippen MR) is 83.4 cm³/mol. The molecule has 0 aliphatic carbocycles. The van der Waals surface area contributed by atoms with Crippen LogP contribution < -0.4 is 5.73 Å². The van der Waals surface area contributed by atoms with Crippen LogP contribution in [0.3, 0.4) is 0 Å². The third-order valence-corrected chi connectivity index (χ3v) is 3.71. The van der Waals surface area contributed by atoms with E-state index in [1.807, 2.05) is 12.1 Å². The van der Waals surface area contributed by atoms with Crippen molar-refractivity contribution in [1.82, 2.24) is 10.1 Å². The van der Waals surface area contributed by atoms with Crippen molar-refractivity contribution in [3.63, 3.8) is 0 Å². The Hall–Kier alpha value is -2.04. The highest BCUT2D eigenvalue weighted by molar-refractivity contribution is 6.36. The first kappa shape index (κ1) is 13.9. The number of hydrogen-bond acceptors (Lipinski definition) is 4. The summed E-state index contributed by atoms with van der Waals surface area (Å²) in [6, 6.07) is 12.6. The van der Waals surface area contributed by atoms with Gasteiger partial charge in [-0.25, -0.2) is 0 Å². The average molecular weight is 320 g/mol. The molecule has 3 aromatic rings. The van der Waals surface area contributed by atoms with Gasteiger partial charge in [0.15, 0.2) is 5.82 Å². The van der Waals surface area contributed by atoms with E-state index in [2.05, 4.69) is 10.1 Å². The summed E-state index contributed by atoms with van der Waals surface area (Å²) in [6.07, 6.45) is 0.407. The first-order chi connectivity index (χ1) is 10.1. The third kappa shape index (κ3) is 3.01. The number of benzene rings is 2. The van der Waals surface area contributed by atoms with E-state index in [-0.39, 0.29) is 0 Å². The minimum atomic E-state index is 0.407. The number of halogens is 2. The van der Waals surface area contributed by atoms with Gasteiger partial charge in [-0.15, -0.1) is 0 Å². The second-order valence-electron chi connectivity index (χ2n) is 4.52. The molecule has 0 fully saturated rings. The number of anilines is 1. The third-order valence-electron chi connectivity index (χ3n) is 3.00. The zero-order valence-electron chi connectivity index (χ0n) is 10.9. The molecule has 0 saturated carbocycles. The highest BCUT2D eigenvalue weighted by Gasteiger charge is 2.13. The second-order valence-corrected chi connectivity index (χ2v) is 5.33. The Morgan fingerprint density at radius 2 is 1.76 bits per heavy atom. The fourth-order valence-electron chi connectivity index (χ4n) is 1.97. The van der Waals surface area contributed by atoms with Crippen molar-refractivity contribution < 1.29 is 4.52 Å². The van der Waals surface area contributed by atoms with Crippen LogP contribution in [0.2, 0.25) is 10.0 Å². The summed E-state index contributed by atoms with van der Waals surface area (Å²) in [5.41, 5.74) is 7.94. The molecule has 0 atom stereocenters. The molecule has 2 N–H and O–H groups in total. The molecule has 4 nitrogen and oxygen atoms in total. The Labute approximate surface area is 131 Å². The van der Waals surface area contributed by atoms with Gasteiger partial charge in [-0.2, -0.15) is 4.98 Å². The number of nitrogens with two attached hydrogens (primary N) is 1. The summed E-state index contributed by atoms with van der Waals surface area (Å²) in [5.74, 6) is 0.933. The van der Waals surface area contributed by atoms with E-state index < -0.39 is 0 Å². The van der Waals surface area contributed by atoms with Gasteiger partial charge in [-0.1, -0.05) is 40.5 Å². The predicted octanol–water partition coefficient (Wildman–Crippen LogP) is 4.22. The largest absolute Gasteiger partial charge is 0.399 e. The van der Waals surface area contributed by atoms with Crippen molar-refractivity contribution in [2.75, 3.05) is 5.73 Å². The molecular formula is C15H11Cl2N3O. The molecule has 6 heteroatoms. The maximum Gasteiger partial charge on any atom is 0.258 e. The zero-order valence-corrected chi connectivity index (χ0v) is 12.4. The fourth-order valence-corrected chi connectivity index (χ4v) is 2.51. The van der Waals surface area contributed by atoms with Crippen LogP contribution >= 0.6 is 23.2 Å². The van der Waals surface area contributed by atoms with E-state index in [9.17, 15) is 0 Å². The fraction of sp³-hybridized carbons (Fsp3) is 0.0667. The summed E-state index contributed by atoms with van der Waals surface area (Å²) in [6.45, 7) is 0. The van der Waals surface area contributed by atoms with Crippen molar-refractivity contribution in [1.29, 1.82) is 0 Å². The lowest BCUT2D eigenvalue weighted by Crippen LogP contribution is -1.93. The van der Waals surface area contributed by atoms with Crippen LogP contribution in [-0.2, 0) is 6.42 Å². The normalized spacial score (nSPS) is 10.8. The van der Waals surface area contributed by atoms with Gasteiger partial charge in [0.1, 0.15) is 0 Å². The summed E-state index contributed by atoms with van der Waals surface area (Å²) >= 11 is 12.3. The van der Waals surface area contributed by atoms with Gasteiger partial charge in [0, 0.05) is 27.7 Å². The van der Waals surface area contributed by atoms with Crippen molar-refractivity contribution in [3.8, 4) is 11.5 Å². The monoisotopic (exact) mass is 319 g/mol. The van der Waals surface area contributed by atoms with E-state index in [0.29, 0.717) is 33.9 Å². The molecule has 0 spiro atoms. The molecule has 0 radical (unpaired) electrons. The van der Waals surface area contributed by atoms with E-state index in [1.165, 1.54) is 0 Å². The Bertz CT molecular complexity index is 766. The summed E-state index contributed by atoms with van der Waals surface area (Å²) in [5, 5.41) is 5.12. The van der Waals surface area contributed by atoms with E-state index in [4.69, 9.17) is 33.5 Å². The van der Waals surface area contributed by atoms with Crippen LogP contribution in [0.1, 0.15) is 11.4 Å². The summed E-state index contributed by atoms with van der Waals surface area (Å²) < 4.78 is 5.25. The minimum absolute atomic E-state index is 0.407. The Morgan fingerprint density at radius 1 is 1.05 bits per heavy atom. The molecule has 106 valence electrons. The van der Waals surface area contributed by atoms with Crippen molar-refractivity contribution in [2.24, 2.45) is 0 Å². The van der Waals surface area contributed by atoms with Crippen LogP contribution in [-0.4, -0.2) is 10.1 Å². The first-order valence-electron chi connectivity index (χ1n) is 6.25. The zero-order chi connectivity index (χ0) is 14.8. The number of nitrogens with zero attached hydrogens (tertiary/aromatic N) is 2. The van der Waals surface area contributed by atoms with E-state index >= 15 is 0 Å². The molecule has 0 bridgehead atoms. The molecule has 0 aliphatic heterocycles. The van der Waals surface area contributed by atoms with Crippen molar-refractivity contribution in [3.05, 3.63) is 63.9 Å². The molecule has 0 saturated heterocycles. The van der Waals surface area contributed by atoms with E-state index in [0.717, 1.165) is 11.1 Å². The van der Waals surface area contributed by atoms with Crippen LogP contribution in [0, 0.1) is 0 Å². The molecule has 0 amide bonds. The molecule has 3 rings (SSSR count). The van der Waals surface area contributed by atoms with Crippen LogP contribution in [0.25, 0.3) is 11.5 Å². The molecule has 0 aliphatic rings. The van der Waals surface area contributed by atoms with Gasteiger partial charge in [-0.05, 0) is 35.9 Å². The Morgan fingerprint density at radius 3 is 2.48 bits per heavy atom. The van der Waals surface area contributed by atoms with Crippen molar-refractivity contribution >= 4 is 28.9 Å². The Kier molecular flexibility index (Phi) is 3.82. The summed E-state index contributed by atoms with van der Waals surface area (Å²) in [7, 11) is 0. The Balaban J connectivity index is 1.89. The maximum atomic E-state index is 6.14. The summed E-state index contributed by atoms with van der Waals surface area (Å²) in [4.78, 5) is 4.35. The van der Waals surface area contributed by atoms with Crippen LogP contribution in [0.5, 0.6) is 0 Å². The van der Waals surface area contributed by atoms with Crippen LogP contribution in [0.15, 0.2) is 47.0 Å². The SMILES string of the molecule is Nc1cccc(-c2nc(Cc3c(Cl)cccc3Cl)no2)c1. The standard InChI is InChI=1S/C15H11Cl2N3O/c16-12-5-2-6-13(17)11(12)8-14-19-15(21-20-14)9-3-1-4-10(18)7-9/h1-7H,8,18H2. The van der Waals surface area contributed by atoms with Crippen molar-refractivity contribution in [2.45, 2.75) is 6.42 Å². The molecular weight excluding hydrogens is 309 g/mol. The highest BCUT2D eigenvalue weighted by Crippen LogP contribution is 2.27. The lowest BCUT2D eigenvalue weighted by atomic mass is 10.1. The van der Waals surface area contributed by atoms with Gasteiger partial charge >= 0.3 is 0 Å².